The summed E-state index contributed by atoms with van der Waals surface area (Å²) in [6.07, 6.45) is 0.734. The minimum absolute atomic E-state index is 0.0600. The van der Waals surface area contributed by atoms with E-state index in [1.54, 1.807) is 13.0 Å². The molecule has 2 saturated heterocycles. The molecule has 2 aliphatic heterocycles. The van der Waals surface area contributed by atoms with Crippen molar-refractivity contribution in [2.45, 2.75) is 25.3 Å². The number of ether oxygens (including phenoxy) is 1. The molecular formula is C18H24Cl2N4O3. The Kier molecular flexibility index (Phi) is 6.47. The van der Waals surface area contributed by atoms with Crippen LogP contribution >= 0.6 is 23.2 Å². The zero-order chi connectivity index (χ0) is 19.4. The lowest BCUT2D eigenvalue weighted by atomic mass is 9.94. The van der Waals surface area contributed by atoms with E-state index in [1.807, 2.05) is 17.0 Å². The van der Waals surface area contributed by atoms with Gasteiger partial charge in [-0.1, -0.05) is 23.2 Å². The van der Waals surface area contributed by atoms with Crippen molar-refractivity contribution >= 4 is 40.7 Å². The zero-order valence-electron chi connectivity index (χ0n) is 15.3. The van der Waals surface area contributed by atoms with E-state index in [2.05, 4.69) is 15.5 Å². The molecule has 2 aliphatic rings. The molecule has 0 bridgehead atoms. The number of piperazine rings is 1. The lowest BCUT2D eigenvalue weighted by molar-refractivity contribution is -0.132. The molecule has 0 aromatic heterocycles. The first-order valence-corrected chi connectivity index (χ1v) is 9.73. The second-order valence-corrected chi connectivity index (χ2v) is 7.79. The monoisotopic (exact) mass is 414 g/mol. The highest BCUT2D eigenvalue weighted by atomic mass is 35.5. The van der Waals surface area contributed by atoms with Crippen LogP contribution in [0.1, 0.15) is 19.8 Å². The Morgan fingerprint density at radius 3 is 2.63 bits per heavy atom. The second kappa shape index (κ2) is 8.65. The highest BCUT2D eigenvalue weighted by Crippen LogP contribution is 2.28. The van der Waals surface area contributed by atoms with Gasteiger partial charge in [-0.2, -0.15) is 0 Å². The van der Waals surface area contributed by atoms with Crippen LogP contribution in [0.2, 0.25) is 10.0 Å². The molecule has 0 saturated carbocycles. The summed E-state index contributed by atoms with van der Waals surface area (Å²) >= 11 is 12.1. The van der Waals surface area contributed by atoms with Crippen LogP contribution in [-0.2, 0) is 14.3 Å². The molecular weight excluding hydrogens is 391 g/mol. The average molecular weight is 415 g/mol. The van der Waals surface area contributed by atoms with E-state index in [1.165, 1.54) is 0 Å². The van der Waals surface area contributed by atoms with E-state index >= 15 is 0 Å². The van der Waals surface area contributed by atoms with E-state index < -0.39 is 5.54 Å². The van der Waals surface area contributed by atoms with E-state index in [0.29, 0.717) is 36.0 Å². The highest BCUT2D eigenvalue weighted by molar-refractivity contribution is 6.42. The molecule has 1 aromatic carbocycles. The number of nitrogens with one attached hydrogen (secondary N) is 2. The molecule has 7 nitrogen and oxygen atoms in total. The summed E-state index contributed by atoms with van der Waals surface area (Å²) in [6.45, 7) is 5.00. The Balaban J connectivity index is 1.51. The number of amides is 2. The van der Waals surface area contributed by atoms with Gasteiger partial charge in [-0.25, -0.2) is 0 Å². The van der Waals surface area contributed by atoms with Crippen molar-refractivity contribution in [2.75, 3.05) is 44.5 Å². The molecule has 2 N–H and O–H groups in total. The van der Waals surface area contributed by atoms with Crippen molar-refractivity contribution in [3.05, 3.63) is 28.2 Å². The summed E-state index contributed by atoms with van der Waals surface area (Å²) in [7, 11) is 0. The Morgan fingerprint density at radius 2 is 1.93 bits per heavy atom. The van der Waals surface area contributed by atoms with Crippen molar-refractivity contribution in [2.24, 2.45) is 0 Å². The third-order valence-corrected chi connectivity index (χ3v) is 5.88. The van der Waals surface area contributed by atoms with Crippen molar-refractivity contribution in [3.8, 4) is 0 Å². The summed E-state index contributed by atoms with van der Waals surface area (Å²) in [5.41, 5.74) is 0.206. The van der Waals surface area contributed by atoms with Gasteiger partial charge in [-0.15, -0.1) is 0 Å². The third kappa shape index (κ3) is 4.85. The zero-order valence-corrected chi connectivity index (χ0v) is 16.8. The van der Waals surface area contributed by atoms with Crippen LogP contribution < -0.4 is 15.5 Å². The Bertz CT molecular complexity index is 710. The maximum Gasteiger partial charge on any atom is 0.241 e. The van der Waals surface area contributed by atoms with Gasteiger partial charge in [0.25, 0.3) is 0 Å². The topological polar surface area (TPSA) is 73.9 Å². The fraction of sp³-hybridized carbons (Fsp3) is 0.556. The lowest BCUT2D eigenvalue weighted by Crippen LogP contribution is -2.54. The molecule has 1 atom stereocenters. The number of hydrogen-bond donors (Lipinski definition) is 2. The van der Waals surface area contributed by atoms with Gasteiger partial charge in [0.1, 0.15) is 6.73 Å². The first-order chi connectivity index (χ1) is 12.9. The quantitative estimate of drug-likeness (QED) is 0.785. The first-order valence-electron chi connectivity index (χ1n) is 8.98. The molecule has 2 heterocycles. The van der Waals surface area contributed by atoms with E-state index in [9.17, 15) is 9.59 Å². The van der Waals surface area contributed by atoms with Gasteiger partial charge >= 0.3 is 0 Å². The molecule has 9 heteroatoms. The number of carbonyl (C=O) groups is 2. The van der Waals surface area contributed by atoms with E-state index in [-0.39, 0.29) is 25.3 Å². The van der Waals surface area contributed by atoms with Crippen LogP contribution in [0, 0.1) is 0 Å². The molecule has 27 heavy (non-hydrogen) atoms. The fourth-order valence-corrected chi connectivity index (χ4v) is 3.56. The average Bonchev–Trinajstić information content (AvgIpc) is 2.84. The second-order valence-electron chi connectivity index (χ2n) is 6.97. The van der Waals surface area contributed by atoms with Gasteiger partial charge in [0, 0.05) is 38.3 Å². The molecule has 0 radical (unpaired) electrons. The third-order valence-electron chi connectivity index (χ3n) is 5.14. The number of carbonyl (C=O) groups excluding carboxylic acids is 2. The normalized spacial score (nSPS) is 23.7. The largest absolute Gasteiger partial charge is 0.368 e. The maximum atomic E-state index is 12.6. The number of nitrogens with zero attached hydrogens (tertiary/aromatic N) is 2. The van der Waals surface area contributed by atoms with Gasteiger partial charge < -0.3 is 19.9 Å². The summed E-state index contributed by atoms with van der Waals surface area (Å²) in [5.74, 6) is -0.0815. The van der Waals surface area contributed by atoms with E-state index in [0.717, 1.165) is 18.8 Å². The summed E-state index contributed by atoms with van der Waals surface area (Å²) in [4.78, 5) is 28.8. The van der Waals surface area contributed by atoms with Crippen LogP contribution in [0.3, 0.4) is 0 Å². The molecule has 2 fully saturated rings. The summed E-state index contributed by atoms with van der Waals surface area (Å²) in [6, 6.07) is 5.57. The van der Waals surface area contributed by atoms with Crippen LogP contribution in [0.25, 0.3) is 0 Å². The van der Waals surface area contributed by atoms with Gasteiger partial charge in [-0.05, 0) is 31.5 Å². The first kappa shape index (κ1) is 20.2. The molecule has 2 amide bonds. The minimum Gasteiger partial charge on any atom is -0.368 e. The van der Waals surface area contributed by atoms with Gasteiger partial charge in [-0.3, -0.25) is 14.9 Å². The molecule has 0 aliphatic carbocycles. The van der Waals surface area contributed by atoms with E-state index in [4.69, 9.17) is 27.9 Å². The fourth-order valence-electron chi connectivity index (χ4n) is 3.27. The number of hydrogen-bond acceptors (Lipinski definition) is 5. The Morgan fingerprint density at radius 1 is 1.19 bits per heavy atom. The predicted molar refractivity (Wildman–Crippen MR) is 105 cm³/mol. The van der Waals surface area contributed by atoms with Gasteiger partial charge in [0.05, 0.1) is 22.3 Å². The van der Waals surface area contributed by atoms with Gasteiger partial charge in [0.2, 0.25) is 11.8 Å². The summed E-state index contributed by atoms with van der Waals surface area (Å²) < 4.78 is 5.19. The molecule has 3 rings (SSSR count). The highest BCUT2D eigenvalue weighted by Gasteiger charge is 2.35. The van der Waals surface area contributed by atoms with Crippen molar-refractivity contribution in [1.29, 1.82) is 0 Å². The molecule has 148 valence electrons. The predicted octanol–water partition coefficient (Wildman–Crippen LogP) is 1.83. The van der Waals surface area contributed by atoms with Crippen molar-refractivity contribution in [1.82, 2.24) is 15.5 Å². The van der Waals surface area contributed by atoms with Crippen LogP contribution in [0.5, 0.6) is 0 Å². The number of anilines is 1. The SMILES string of the molecule is CC1(CCC(=O)N2CCN(c3ccc(Cl)c(Cl)c3)CC2)NCOCNC1=O. The number of rotatable bonds is 4. The Hall–Kier alpha value is -1.54. The number of halogens is 2. The smallest absolute Gasteiger partial charge is 0.241 e. The standard InChI is InChI=1S/C18H24Cl2N4O3/c1-18(17(26)21-11-27-12-22-18)5-4-16(25)24-8-6-23(7-9-24)13-2-3-14(19)15(20)10-13/h2-3,10,22H,4-9,11-12H2,1H3,(H,21,26). The summed E-state index contributed by atoms with van der Waals surface area (Å²) in [5, 5.41) is 6.82. The van der Waals surface area contributed by atoms with Crippen molar-refractivity contribution in [3.63, 3.8) is 0 Å². The van der Waals surface area contributed by atoms with Crippen LogP contribution in [0.15, 0.2) is 18.2 Å². The van der Waals surface area contributed by atoms with Crippen LogP contribution in [-0.4, -0.2) is 61.9 Å². The molecule has 0 spiro atoms. The minimum atomic E-state index is -0.798. The molecule has 1 unspecified atom stereocenters. The molecule has 1 aromatic rings. The van der Waals surface area contributed by atoms with Gasteiger partial charge in [0.15, 0.2) is 0 Å². The van der Waals surface area contributed by atoms with Crippen molar-refractivity contribution < 1.29 is 14.3 Å². The van der Waals surface area contributed by atoms with Crippen LogP contribution in [0.4, 0.5) is 5.69 Å². The Labute approximate surface area is 168 Å². The lowest BCUT2D eigenvalue weighted by Gasteiger charge is -2.37. The number of benzene rings is 1. The maximum absolute atomic E-state index is 12.6.